The summed E-state index contributed by atoms with van der Waals surface area (Å²) in [7, 11) is 3.17. The van der Waals surface area contributed by atoms with Crippen molar-refractivity contribution in [2.75, 3.05) is 19.5 Å². The summed E-state index contributed by atoms with van der Waals surface area (Å²) >= 11 is 0. The summed E-state index contributed by atoms with van der Waals surface area (Å²) in [6.45, 7) is 3.47. The van der Waals surface area contributed by atoms with Gasteiger partial charge in [0.15, 0.2) is 11.2 Å². The summed E-state index contributed by atoms with van der Waals surface area (Å²) in [5.41, 5.74) is 0.643. The fourth-order valence-electron chi connectivity index (χ4n) is 6.32. The highest BCUT2D eigenvalue weighted by atomic mass is 16.5. The fourth-order valence-corrected chi connectivity index (χ4v) is 6.32. The number of hydrogen-bond donors (Lipinski definition) is 4. The molecule has 3 heterocycles. The SMILES string of the molecule is COc1ccc(C(c2ccccc2)(c2ccc(OC)cc2)C(O)[C@H]2O[C@@H](n3c(NC(=O)C(C)C)nc4c(=O)[nH]cnc43)C[C@@H]2O)cc1. The Kier molecular flexibility index (Phi) is 8.82. The molecule has 4 atom stereocenters. The first-order valence-electron chi connectivity index (χ1n) is 15.3. The standard InChI is InChI=1S/C35H37N5O7/c1-20(2)32(43)39-34-38-28-31(36-19-37-33(28)44)40(34)27-18-26(41)29(47-27)30(42)35(21-8-6-5-7-9-21,22-10-14-24(45-3)15-11-22)23-12-16-25(46-4)17-13-23/h5-17,19-20,26-27,29-30,41-42H,18H2,1-4H3,(H,36,37,44)(H,38,39,43)/t26-,27+,29-,30?/m0/s1. The Bertz CT molecular complexity index is 1860. The first-order valence-corrected chi connectivity index (χ1v) is 15.3. The summed E-state index contributed by atoms with van der Waals surface area (Å²) in [4.78, 5) is 36.6. The zero-order valence-electron chi connectivity index (χ0n) is 26.5. The molecule has 0 spiro atoms. The van der Waals surface area contributed by atoms with E-state index < -0.39 is 35.5 Å². The third-order valence-corrected chi connectivity index (χ3v) is 8.74. The zero-order valence-corrected chi connectivity index (χ0v) is 26.5. The van der Waals surface area contributed by atoms with Crippen molar-refractivity contribution in [2.24, 2.45) is 5.92 Å². The van der Waals surface area contributed by atoms with E-state index in [-0.39, 0.29) is 35.4 Å². The summed E-state index contributed by atoms with van der Waals surface area (Å²) in [5.74, 6) is 0.634. The number of benzene rings is 3. The van der Waals surface area contributed by atoms with Crippen LogP contribution in [-0.2, 0) is 14.9 Å². The van der Waals surface area contributed by atoms with Gasteiger partial charge in [0, 0.05) is 12.3 Å². The number of anilines is 1. The van der Waals surface area contributed by atoms with Crippen molar-refractivity contribution in [3.8, 4) is 11.5 Å². The molecule has 1 aliphatic rings. The molecule has 0 aliphatic carbocycles. The van der Waals surface area contributed by atoms with Crippen LogP contribution in [0.3, 0.4) is 0 Å². The van der Waals surface area contributed by atoms with Gasteiger partial charge in [-0.05, 0) is 41.0 Å². The highest BCUT2D eigenvalue weighted by molar-refractivity contribution is 5.92. The molecule has 1 saturated heterocycles. The Labute approximate surface area is 271 Å². The normalized spacial score (nSPS) is 18.7. The predicted octanol–water partition coefficient (Wildman–Crippen LogP) is 3.78. The van der Waals surface area contributed by atoms with Crippen molar-refractivity contribution in [3.05, 3.63) is 112 Å². The molecule has 1 aliphatic heterocycles. The van der Waals surface area contributed by atoms with Crippen LogP contribution in [-0.4, -0.2) is 68.2 Å². The van der Waals surface area contributed by atoms with E-state index in [9.17, 15) is 19.8 Å². The van der Waals surface area contributed by atoms with Gasteiger partial charge in [-0.1, -0.05) is 68.4 Å². The second-order valence-corrected chi connectivity index (χ2v) is 11.8. The van der Waals surface area contributed by atoms with Crippen LogP contribution in [0.1, 0.15) is 43.2 Å². The largest absolute Gasteiger partial charge is 0.497 e. The van der Waals surface area contributed by atoms with Crippen LogP contribution in [0.15, 0.2) is 90.0 Å². The van der Waals surface area contributed by atoms with Crippen LogP contribution in [0.2, 0.25) is 0 Å². The van der Waals surface area contributed by atoms with E-state index in [2.05, 4.69) is 20.3 Å². The first-order chi connectivity index (χ1) is 22.7. The molecule has 244 valence electrons. The highest BCUT2D eigenvalue weighted by Crippen LogP contribution is 2.47. The quantitative estimate of drug-likeness (QED) is 0.167. The number of nitrogens with zero attached hydrogens (tertiary/aromatic N) is 3. The Balaban J connectivity index is 1.50. The molecule has 12 heteroatoms. The van der Waals surface area contributed by atoms with Crippen LogP contribution >= 0.6 is 0 Å². The van der Waals surface area contributed by atoms with Crippen molar-refractivity contribution in [3.63, 3.8) is 0 Å². The van der Waals surface area contributed by atoms with Gasteiger partial charge in [-0.25, -0.2) is 9.97 Å². The second kappa shape index (κ2) is 13.0. The lowest BCUT2D eigenvalue weighted by atomic mass is 9.64. The smallest absolute Gasteiger partial charge is 0.278 e. The molecular weight excluding hydrogens is 602 g/mol. The van der Waals surface area contributed by atoms with Crippen LogP contribution < -0.4 is 20.3 Å². The predicted molar refractivity (Wildman–Crippen MR) is 174 cm³/mol. The molecule has 6 rings (SSSR count). The minimum Gasteiger partial charge on any atom is -0.497 e. The van der Waals surface area contributed by atoms with Gasteiger partial charge in [0.25, 0.3) is 5.56 Å². The van der Waals surface area contributed by atoms with Gasteiger partial charge in [-0.15, -0.1) is 0 Å². The minimum atomic E-state index is -1.36. The summed E-state index contributed by atoms with van der Waals surface area (Å²) < 4.78 is 18.9. The number of rotatable bonds is 10. The maximum atomic E-state index is 12.8. The molecule has 3 aromatic carbocycles. The van der Waals surface area contributed by atoms with Gasteiger partial charge in [0.05, 0.1) is 32.1 Å². The van der Waals surface area contributed by atoms with Crippen LogP contribution in [0, 0.1) is 5.92 Å². The fraction of sp³-hybridized carbons (Fsp3) is 0.314. The number of ether oxygens (including phenoxy) is 3. The van der Waals surface area contributed by atoms with Crippen molar-refractivity contribution in [2.45, 2.75) is 50.2 Å². The van der Waals surface area contributed by atoms with E-state index in [1.807, 2.05) is 78.9 Å². The number of aromatic amines is 1. The Hall–Kier alpha value is -5.04. The van der Waals surface area contributed by atoms with Gasteiger partial charge >= 0.3 is 0 Å². The van der Waals surface area contributed by atoms with Crippen molar-refractivity contribution >= 4 is 23.0 Å². The number of aliphatic hydroxyl groups excluding tert-OH is 2. The Morgan fingerprint density at radius 3 is 2.11 bits per heavy atom. The van der Waals surface area contributed by atoms with Crippen molar-refractivity contribution in [1.29, 1.82) is 0 Å². The average Bonchev–Trinajstić information content (AvgIpc) is 3.66. The van der Waals surface area contributed by atoms with E-state index in [0.717, 1.165) is 16.7 Å². The first kappa shape index (κ1) is 31.9. The molecular formula is C35H37N5O7. The van der Waals surface area contributed by atoms with Gasteiger partial charge in [0.1, 0.15) is 29.9 Å². The number of fused-ring (bicyclic) bond motifs is 1. The van der Waals surface area contributed by atoms with E-state index >= 15 is 0 Å². The highest BCUT2D eigenvalue weighted by Gasteiger charge is 2.52. The van der Waals surface area contributed by atoms with E-state index in [1.165, 1.54) is 10.9 Å². The number of H-pyrrole nitrogens is 1. The molecule has 0 saturated carbocycles. The number of nitrogens with one attached hydrogen (secondary N) is 2. The van der Waals surface area contributed by atoms with Crippen molar-refractivity contribution in [1.82, 2.24) is 19.5 Å². The number of hydrogen-bond acceptors (Lipinski definition) is 9. The number of carbonyl (C=O) groups is 1. The molecule has 1 fully saturated rings. The number of aromatic nitrogens is 4. The molecule has 0 radical (unpaired) electrons. The minimum absolute atomic E-state index is 0.00347. The van der Waals surface area contributed by atoms with Crippen LogP contribution in [0.25, 0.3) is 11.2 Å². The van der Waals surface area contributed by atoms with Crippen LogP contribution in [0.4, 0.5) is 5.95 Å². The molecule has 5 aromatic rings. The third-order valence-electron chi connectivity index (χ3n) is 8.74. The lowest BCUT2D eigenvalue weighted by Gasteiger charge is -2.43. The summed E-state index contributed by atoms with van der Waals surface area (Å²) in [5, 5.41) is 27.1. The van der Waals surface area contributed by atoms with Crippen LogP contribution in [0.5, 0.6) is 11.5 Å². The maximum Gasteiger partial charge on any atom is 0.278 e. The zero-order chi connectivity index (χ0) is 33.3. The Morgan fingerprint density at radius 2 is 1.55 bits per heavy atom. The molecule has 12 nitrogen and oxygen atoms in total. The molecule has 4 N–H and O–H groups in total. The third kappa shape index (κ3) is 5.64. The van der Waals surface area contributed by atoms with Gasteiger partial charge in [-0.2, -0.15) is 0 Å². The molecule has 2 aromatic heterocycles. The maximum absolute atomic E-state index is 12.8. The summed E-state index contributed by atoms with van der Waals surface area (Å²) in [6.07, 6.45) is -3.34. The monoisotopic (exact) mass is 639 g/mol. The molecule has 1 unspecified atom stereocenters. The molecule has 0 bridgehead atoms. The lowest BCUT2D eigenvalue weighted by Crippen LogP contribution is -2.51. The average molecular weight is 640 g/mol. The topological polar surface area (TPSA) is 161 Å². The van der Waals surface area contributed by atoms with Gasteiger partial charge in [-0.3, -0.25) is 19.5 Å². The van der Waals surface area contributed by atoms with Gasteiger partial charge in [0.2, 0.25) is 11.9 Å². The summed E-state index contributed by atoms with van der Waals surface area (Å²) in [6, 6.07) is 24.4. The van der Waals surface area contributed by atoms with Gasteiger partial charge < -0.3 is 29.4 Å². The molecule has 1 amide bonds. The Morgan fingerprint density at radius 1 is 0.979 bits per heavy atom. The number of methoxy groups -OCH3 is 2. The number of amides is 1. The number of carbonyl (C=O) groups excluding carboxylic acids is 1. The number of aliphatic hydroxyl groups is 2. The van der Waals surface area contributed by atoms with E-state index in [1.54, 1.807) is 28.1 Å². The van der Waals surface area contributed by atoms with E-state index in [0.29, 0.717) is 11.5 Å². The van der Waals surface area contributed by atoms with Crippen molar-refractivity contribution < 1.29 is 29.2 Å². The van der Waals surface area contributed by atoms with E-state index in [4.69, 9.17) is 14.2 Å². The lowest BCUT2D eigenvalue weighted by molar-refractivity contribution is -0.119. The molecule has 47 heavy (non-hydrogen) atoms. The second-order valence-electron chi connectivity index (χ2n) is 11.8. The number of imidazole rings is 1.